The van der Waals surface area contributed by atoms with E-state index in [9.17, 15) is 9.59 Å². The number of halogens is 1. The number of Topliss-reactive ketones (excluding diaryl/α,β-unsaturated/α-hetero) is 1. The van der Waals surface area contributed by atoms with Gasteiger partial charge in [-0.05, 0) is 36.3 Å². The zero-order valence-electron chi connectivity index (χ0n) is 10.0. The van der Waals surface area contributed by atoms with Crippen molar-refractivity contribution in [3.05, 3.63) is 35.4 Å². The van der Waals surface area contributed by atoms with Gasteiger partial charge in [0.15, 0.2) is 5.78 Å². The van der Waals surface area contributed by atoms with E-state index in [4.69, 9.17) is 21.4 Å². The highest BCUT2D eigenvalue weighted by atomic mass is 35.5. The molecule has 0 spiro atoms. The van der Waals surface area contributed by atoms with Crippen LogP contribution in [-0.4, -0.2) is 24.0 Å². The lowest BCUT2D eigenvalue weighted by Crippen LogP contribution is -2.04. The number of carboxylic acid groups (broad SMARTS) is 1. The number of aliphatic carboxylic acids is 1. The monoisotopic (exact) mass is 268 g/mol. The van der Waals surface area contributed by atoms with Gasteiger partial charge in [0.05, 0.1) is 7.11 Å². The Bertz CT molecular complexity index is 494. The Morgan fingerprint density at radius 3 is 2.61 bits per heavy atom. The molecule has 18 heavy (non-hydrogen) atoms. The fraction of sp³-hybridized carbons (Fsp3) is 0.231. The van der Waals surface area contributed by atoms with Gasteiger partial charge in [-0.25, -0.2) is 4.79 Å². The lowest BCUT2D eigenvalue weighted by atomic mass is 10.0. The molecule has 0 saturated heterocycles. The molecule has 0 heterocycles. The minimum atomic E-state index is -1.06. The molecule has 1 atom stereocenters. The van der Waals surface area contributed by atoms with Crippen molar-refractivity contribution in [1.82, 2.24) is 0 Å². The SMILES string of the molecule is COc1ccc(C=CC(=O)O)c(C(Cl)C(C)=O)c1. The molecule has 1 N–H and O–H groups in total. The third-order valence-electron chi connectivity index (χ3n) is 2.33. The summed E-state index contributed by atoms with van der Waals surface area (Å²) in [5.41, 5.74) is 1.11. The number of ether oxygens (including phenoxy) is 1. The normalized spacial score (nSPS) is 12.4. The molecule has 1 unspecified atom stereocenters. The van der Waals surface area contributed by atoms with Crippen molar-refractivity contribution in [2.75, 3.05) is 7.11 Å². The molecule has 0 radical (unpaired) electrons. The summed E-state index contributed by atoms with van der Waals surface area (Å²) < 4.78 is 5.05. The van der Waals surface area contributed by atoms with Gasteiger partial charge >= 0.3 is 5.97 Å². The van der Waals surface area contributed by atoms with Crippen LogP contribution in [0.3, 0.4) is 0 Å². The predicted molar refractivity (Wildman–Crippen MR) is 68.9 cm³/mol. The number of alkyl halides is 1. The van der Waals surface area contributed by atoms with Gasteiger partial charge in [-0.2, -0.15) is 0 Å². The molecule has 0 aliphatic carbocycles. The summed E-state index contributed by atoms with van der Waals surface area (Å²) in [6, 6.07) is 4.96. The van der Waals surface area contributed by atoms with E-state index in [1.807, 2.05) is 0 Å². The lowest BCUT2D eigenvalue weighted by Gasteiger charge is -2.11. The van der Waals surface area contributed by atoms with Gasteiger partial charge in [-0.1, -0.05) is 6.07 Å². The zero-order valence-corrected chi connectivity index (χ0v) is 10.8. The number of hydrogen-bond donors (Lipinski definition) is 1. The van der Waals surface area contributed by atoms with E-state index in [2.05, 4.69) is 0 Å². The molecular weight excluding hydrogens is 256 g/mol. The summed E-state index contributed by atoms with van der Waals surface area (Å²) in [6.07, 6.45) is 2.39. The van der Waals surface area contributed by atoms with E-state index in [1.54, 1.807) is 18.2 Å². The van der Waals surface area contributed by atoms with Crippen molar-refractivity contribution in [1.29, 1.82) is 0 Å². The Kier molecular flexibility index (Phi) is 4.92. The van der Waals surface area contributed by atoms with Crippen molar-refractivity contribution in [3.8, 4) is 5.75 Å². The second kappa shape index (κ2) is 6.21. The van der Waals surface area contributed by atoms with Crippen molar-refractivity contribution >= 4 is 29.4 Å². The second-order valence-electron chi connectivity index (χ2n) is 3.64. The van der Waals surface area contributed by atoms with Crippen LogP contribution in [0.2, 0.25) is 0 Å². The fourth-order valence-corrected chi connectivity index (χ4v) is 1.62. The standard InChI is InChI=1S/C13H13ClO4/c1-8(15)13(14)11-7-10(18-2)5-3-9(11)4-6-12(16)17/h3-7,13H,1-2H3,(H,16,17). The van der Waals surface area contributed by atoms with Gasteiger partial charge < -0.3 is 9.84 Å². The number of carboxylic acids is 1. The van der Waals surface area contributed by atoms with E-state index >= 15 is 0 Å². The Balaban J connectivity index is 3.24. The van der Waals surface area contributed by atoms with Gasteiger partial charge in [0.1, 0.15) is 11.1 Å². The molecule has 0 aliphatic rings. The number of carbonyl (C=O) groups excluding carboxylic acids is 1. The quantitative estimate of drug-likeness (QED) is 0.659. The molecule has 4 nitrogen and oxygen atoms in total. The van der Waals surface area contributed by atoms with Crippen LogP contribution < -0.4 is 4.74 Å². The van der Waals surface area contributed by atoms with E-state index in [0.717, 1.165) is 6.08 Å². The second-order valence-corrected chi connectivity index (χ2v) is 4.08. The Morgan fingerprint density at radius 2 is 2.11 bits per heavy atom. The Labute approximate surface area is 110 Å². The summed E-state index contributed by atoms with van der Waals surface area (Å²) in [4.78, 5) is 21.8. The van der Waals surface area contributed by atoms with Crippen LogP contribution in [0.5, 0.6) is 5.75 Å². The highest BCUT2D eigenvalue weighted by Gasteiger charge is 2.17. The van der Waals surface area contributed by atoms with Crippen LogP contribution in [-0.2, 0) is 9.59 Å². The molecule has 1 aromatic rings. The van der Waals surface area contributed by atoms with Crippen LogP contribution in [0, 0.1) is 0 Å². The van der Waals surface area contributed by atoms with E-state index in [0.29, 0.717) is 16.9 Å². The van der Waals surface area contributed by atoms with E-state index in [-0.39, 0.29) is 5.78 Å². The number of methoxy groups -OCH3 is 1. The first-order valence-corrected chi connectivity index (χ1v) is 5.62. The number of ketones is 1. The van der Waals surface area contributed by atoms with Gasteiger partial charge in [0.25, 0.3) is 0 Å². The molecule has 0 aliphatic heterocycles. The van der Waals surface area contributed by atoms with Crippen molar-refractivity contribution in [2.45, 2.75) is 12.3 Å². The highest BCUT2D eigenvalue weighted by molar-refractivity contribution is 6.31. The first kappa shape index (κ1) is 14.3. The molecule has 1 aromatic carbocycles. The Hall–Kier alpha value is -1.81. The molecule has 5 heteroatoms. The molecule has 0 saturated carbocycles. The average molecular weight is 269 g/mol. The minimum Gasteiger partial charge on any atom is -0.497 e. The van der Waals surface area contributed by atoms with Crippen molar-refractivity contribution in [3.63, 3.8) is 0 Å². The highest BCUT2D eigenvalue weighted by Crippen LogP contribution is 2.29. The maximum atomic E-state index is 11.3. The number of hydrogen-bond acceptors (Lipinski definition) is 3. The average Bonchev–Trinajstić information content (AvgIpc) is 2.35. The van der Waals surface area contributed by atoms with Gasteiger partial charge in [0.2, 0.25) is 0 Å². The summed E-state index contributed by atoms with van der Waals surface area (Å²) in [7, 11) is 1.50. The third-order valence-corrected chi connectivity index (χ3v) is 2.87. The predicted octanol–water partition coefficient (Wildman–Crippen LogP) is 2.66. The van der Waals surface area contributed by atoms with Crippen LogP contribution in [0.4, 0.5) is 0 Å². The van der Waals surface area contributed by atoms with Crippen LogP contribution >= 0.6 is 11.6 Å². The maximum absolute atomic E-state index is 11.3. The smallest absolute Gasteiger partial charge is 0.328 e. The van der Waals surface area contributed by atoms with Gasteiger partial charge in [-0.15, -0.1) is 11.6 Å². The van der Waals surface area contributed by atoms with E-state index < -0.39 is 11.3 Å². The first-order chi connectivity index (χ1) is 8.45. The molecule has 0 bridgehead atoms. The van der Waals surface area contributed by atoms with Gasteiger partial charge in [0, 0.05) is 6.08 Å². The van der Waals surface area contributed by atoms with Crippen molar-refractivity contribution < 1.29 is 19.4 Å². The van der Waals surface area contributed by atoms with Crippen LogP contribution in [0.15, 0.2) is 24.3 Å². The number of rotatable bonds is 5. The third kappa shape index (κ3) is 3.60. The van der Waals surface area contributed by atoms with Crippen LogP contribution in [0.1, 0.15) is 23.4 Å². The largest absolute Gasteiger partial charge is 0.497 e. The zero-order chi connectivity index (χ0) is 13.7. The van der Waals surface area contributed by atoms with Crippen molar-refractivity contribution in [2.24, 2.45) is 0 Å². The minimum absolute atomic E-state index is 0.213. The fourth-order valence-electron chi connectivity index (χ4n) is 1.43. The van der Waals surface area contributed by atoms with Gasteiger partial charge in [-0.3, -0.25) is 4.79 Å². The summed E-state index contributed by atoms with van der Waals surface area (Å²) in [6.45, 7) is 1.38. The molecule has 96 valence electrons. The molecule has 1 rings (SSSR count). The van der Waals surface area contributed by atoms with Crippen LogP contribution in [0.25, 0.3) is 6.08 Å². The Morgan fingerprint density at radius 1 is 1.44 bits per heavy atom. The topological polar surface area (TPSA) is 63.6 Å². The van der Waals surface area contributed by atoms with E-state index in [1.165, 1.54) is 20.1 Å². The number of benzene rings is 1. The molecule has 0 fully saturated rings. The number of carbonyl (C=O) groups is 2. The summed E-state index contributed by atoms with van der Waals surface area (Å²) in [5, 5.41) is 7.78. The summed E-state index contributed by atoms with van der Waals surface area (Å²) in [5.74, 6) is -0.718. The lowest BCUT2D eigenvalue weighted by molar-refractivity contribution is -0.131. The summed E-state index contributed by atoms with van der Waals surface area (Å²) >= 11 is 6.00. The molecule has 0 amide bonds. The first-order valence-electron chi connectivity index (χ1n) is 5.19. The molecule has 0 aromatic heterocycles. The molecular formula is C13H13ClO4. The maximum Gasteiger partial charge on any atom is 0.328 e.